The van der Waals surface area contributed by atoms with Crippen LogP contribution in [0.1, 0.15) is 24.2 Å². The number of aromatic nitrogens is 2. The zero-order valence-corrected chi connectivity index (χ0v) is 10.1. The lowest BCUT2D eigenvalue weighted by Crippen LogP contribution is -2.29. The molecule has 0 bridgehead atoms. The average Bonchev–Trinajstić information content (AvgIpc) is 2.85. The highest BCUT2D eigenvalue weighted by Gasteiger charge is 2.26. The van der Waals surface area contributed by atoms with Gasteiger partial charge in [0.15, 0.2) is 5.82 Å². The minimum absolute atomic E-state index is 0.492. The summed E-state index contributed by atoms with van der Waals surface area (Å²) >= 11 is 0. The quantitative estimate of drug-likeness (QED) is 0.792. The maximum Gasteiger partial charge on any atom is 0.223 e. The fourth-order valence-corrected chi connectivity index (χ4v) is 2.43. The molecule has 1 aliphatic rings. The Hall–Kier alpha value is -1.84. The molecule has 88 valence electrons. The molecule has 2 heterocycles. The molecule has 1 aromatic heterocycles. The topological polar surface area (TPSA) is 42.2 Å². The van der Waals surface area contributed by atoms with E-state index in [1.165, 1.54) is 11.3 Å². The molecule has 0 amide bonds. The van der Waals surface area contributed by atoms with Crippen LogP contribution in [0.25, 0.3) is 0 Å². The second-order valence-electron chi connectivity index (χ2n) is 4.54. The molecule has 4 nitrogen and oxygen atoms in total. The molecule has 1 unspecified atom stereocenters. The molecule has 1 aliphatic heterocycles. The minimum atomic E-state index is 0.492. The van der Waals surface area contributed by atoms with Gasteiger partial charge in [-0.05, 0) is 25.0 Å². The van der Waals surface area contributed by atoms with E-state index in [2.05, 4.69) is 46.2 Å². The van der Waals surface area contributed by atoms with Crippen LogP contribution in [0, 0.1) is 6.92 Å². The highest BCUT2D eigenvalue weighted by Crippen LogP contribution is 2.32. The van der Waals surface area contributed by atoms with Gasteiger partial charge in [-0.2, -0.15) is 4.98 Å². The highest BCUT2D eigenvalue weighted by atomic mass is 16.5. The maximum absolute atomic E-state index is 5.01. The first-order valence-electron chi connectivity index (χ1n) is 5.88. The molecule has 17 heavy (non-hydrogen) atoms. The van der Waals surface area contributed by atoms with Gasteiger partial charge in [-0.1, -0.05) is 23.4 Å². The van der Waals surface area contributed by atoms with Crippen LogP contribution >= 0.6 is 0 Å². The standard InChI is InChI=1S/C13H15N3O/c1-9-7-11-5-3-4-6-12(11)16(9)8-13-14-10(2)17-15-13/h3-6,9H,7-8H2,1-2H3. The molecule has 0 saturated carbocycles. The third-order valence-corrected chi connectivity index (χ3v) is 3.23. The van der Waals surface area contributed by atoms with E-state index in [0.717, 1.165) is 18.8 Å². The zero-order chi connectivity index (χ0) is 11.8. The van der Waals surface area contributed by atoms with Crippen molar-refractivity contribution in [2.75, 3.05) is 4.90 Å². The Morgan fingerprint density at radius 1 is 1.41 bits per heavy atom. The lowest BCUT2D eigenvalue weighted by atomic mass is 10.1. The van der Waals surface area contributed by atoms with Gasteiger partial charge >= 0.3 is 0 Å². The molecule has 0 fully saturated rings. The smallest absolute Gasteiger partial charge is 0.223 e. The molecule has 1 atom stereocenters. The molecular formula is C13H15N3O. The van der Waals surface area contributed by atoms with Gasteiger partial charge in [-0.25, -0.2) is 0 Å². The largest absolute Gasteiger partial charge is 0.361 e. The van der Waals surface area contributed by atoms with Gasteiger partial charge in [-0.15, -0.1) is 0 Å². The Labute approximate surface area is 100 Å². The lowest BCUT2D eigenvalue weighted by Gasteiger charge is -2.22. The number of fused-ring (bicyclic) bond motifs is 1. The Morgan fingerprint density at radius 2 is 2.24 bits per heavy atom. The van der Waals surface area contributed by atoms with Crippen molar-refractivity contribution in [1.82, 2.24) is 10.1 Å². The lowest BCUT2D eigenvalue weighted by molar-refractivity contribution is 0.386. The van der Waals surface area contributed by atoms with Gasteiger partial charge in [-0.3, -0.25) is 0 Å². The number of hydrogen-bond acceptors (Lipinski definition) is 4. The van der Waals surface area contributed by atoms with Crippen LogP contribution in [-0.4, -0.2) is 16.2 Å². The Kier molecular flexibility index (Phi) is 2.35. The van der Waals surface area contributed by atoms with Gasteiger partial charge in [0.1, 0.15) is 0 Å². The van der Waals surface area contributed by atoms with Gasteiger partial charge in [0, 0.05) is 18.7 Å². The number of aryl methyl sites for hydroxylation is 1. The van der Waals surface area contributed by atoms with Crippen LogP contribution in [-0.2, 0) is 13.0 Å². The van der Waals surface area contributed by atoms with Crippen LogP contribution in [0.5, 0.6) is 0 Å². The third-order valence-electron chi connectivity index (χ3n) is 3.23. The number of anilines is 1. The predicted octanol–water partition coefficient (Wildman–Crippen LogP) is 2.33. The normalized spacial score (nSPS) is 18.5. The van der Waals surface area contributed by atoms with E-state index in [-0.39, 0.29) is 0 Å². The van der Waals surface area contributed by atoms with Crippen LogP contribution in [0.15, 0.2) is 28.8 Å². The van der Waals surface area contributed by atoms with Gasteiger partial charge in [0.25, 0.3) is 0 Å². The minimum Gasteiger partial charge on any atom is -0.361 e. The molecule has 0 saturated heterocycles. The molecule has 0 spiro atoms. The summed E-state index contributed by atoms with van der Waals surface area (Å²) in [7, 11) is 0. The van der Waals surface area contributed by atoms with E-state index in [0.29, 0.717) is 11.9 Å². The van der Waals surface area contributed by atoms with E-state index in [1.807, 2.05) is 6.92 Å². The van der Waals surface area contributed by atoms with Crippen molar-refractivity contribution in [2.24, 2.45) is 0 Å². The number of benzene rings is 1. The van der Waals surface area contributed by atoms with Crippen LogP contribution in [0.3, 0.4) is 0 Å². The second-order valence-corrected chi connectivity index (χ2v) is 4.54. The predicted molar refractivity (Wildman–Crippen MR) is 64.8 cm³/mol. The maximum atomic E-state index is 5.01. The van der Waals surface area contributed by atoms with E-state index < -0.39 is 0 Å². The van der Waals surface area contributed by atoms with Crippen molar-refractivity contribution >= 4 is 5.69 Å². The summed E-state index contributed by atoms with van der Waals surface area (Å²) in [6, 6.07) is 9.00. The summed E-state index contributed by atoms with van der Waals surface area (Å²) in [5.74, 6) is 1.38. The van der Waals surface area contributed by atoms with Crippen molar-refractivity contribution in [3.8, 4) is 0 Å². The summed E-state index contributed by atoms with van der Waals surface area (Å²) in [4.78, 5) is 6.60. The first-order chi connectivity index (χ1) is 8.24. The molecule has 0 N–H and O–H groups in total. The summed E-state index contributed by atoms with van der Waals surface area (Å²) in [6.07, 6.45) is 1.09. The fraction of sp³-hybridized carbons (Fsp3) is 0.385. The van der Waals surface area contributed by atoms with Crippen LogP contribution in [0.4, 0.5) is 5.69 Å². The number of nitrogens with zero attached hydrogens (tertiary/aromatic N) is 3. The molecule has 4 heteroatoms. The Morgan fingerprint density at radius 3 is 3.00 bits per heavy atom. The third kappa shape index (κ3) is 1.79. The van der Waals surface area contributed by atoms with E-state index in [9.17, 15) is 0 Å². The molecule has 1 aromatic carbocycles. The van der Waals surface area contributed by atoms with E-state index >= 15 is 0 Å². The summed E-state index contributed by atoms with van der Waals surface area (Å²) < 4.78 is 5.01. The summed E-state index contributed by atoms with van der Waals surface area (Å²) in [6.45, 7) is 4.76. The van der Waals surface area contributed by atoms with Gasteiger partial charge < -0.3 is 9.42 Å². The average molecular weight is 229 g/mol. The van der Waals surface area contributed by atoms with E-state index in [4.69, 9.17) is 4.52 Å². The van der Waals surface area contributed by atoms with Gasteiger partial charge in [0.05, 0.1) is 6.54 Å². The first-order valence-corrected chi connectivity index (χ1v) is 5.88. The zero-order valence-electron chi connectivity index (χ0n) is 10.1. The monoisotopic (exact) mass is 229 g/mol. The Balaban J connectivity index is 1.88. The second kappa shape index (κ2) is 3.87. The van der Waals surface area contributed by atoms with Crippen LogP contribution < -0.4 is 4.90 Å². The first kappa shape index (κ1) is 10.3. The van der Waals surface area contributed by atoms with Crippen LogP contribution in [0.2, 0.25) is 0 Å². The highest BCUT2D eigenvalue weighted by molar-refractivity contribution is 5.59. The number of rotatable bonds is 2. The molecular weight excluding hydrogens is 214 g/mol. The summed E-state index contributed by atoms with van der Waals surface area (Å²) in [5.41, 5.74) is 2.70. The van der Waals surface area contributed by atoms with E-state index in [1.54, 1.807) is 0 Å². The molecule has 0 aliphatic carbocycles. The van der Waals surface area contributed by atoms with Crippen molar-refractivity contribution in [3.63, 3.8) is 0 Å². The van der Waals surface area contributed by atoms with Crippen molar-refractivity contribution < 1.29 is 4.52 Å². The number of hydrogen-bond donors (Lipinski definition) is 0. The van der Waals surface area contributed by atoms with Gasteiger partial charge in [0.2, 0.25) is 5.89 Å². The number of para-hydroxylation sites is 1. The molecule has 2 aromatic rings. The van der Waals surface area contributed by atoms with Crippen molar-refractivity contribution in [3.05, 3.63) is 41.5 Å². The fourth-order valence-electron chi connectivity index (χ4n) is 2.43. The van der Waals surface area contributed by atoms with Crippen molar-refractivity contribution in [2.45, 2.75) is 32.9 Å². The molecule has 3 rings (SSSR count). The SMILES string of the molecule is Cc1nc(CN2c3ccccc3CC2C)no1. The summed E-state index contributed by atoms with van der Waals surface area (Å²) in [5, 5.41) is 3.96. The molecule has 0 radical (unpaired) electrons. The Bertz CT molecular complexity index is 535. The van der Waals surface area contributed by atoms with Crippen molar-refractivity contribution in [1.29, 1.82) is 0 Å².